The number of anilines is 1. The fourth-order valence-corrected chi connectivity index (χ4v) is 8.90. The Morgan fingerprint density at radius 3 is 1.57 bits per heavy atom. The van der Waals surface area contributed by atoms with Gasteiger partial charge in [-0.15, -0.1) is 0 Å². The lowest BCUT2D eigenvalue weighted by molar-refractivity contribution is -0.257. The molecule has 0 saturated carbocycles. The average molecular weight is 950 g/mol. The molecule has 0 bridgehead atoms. The van der Waals surface area contributed by atoms with Crippen LogP contribution in [0.4, 0.5) is 23.2 Å². The summed E-state index contributed by atoms with van der Waals surface area (Å²) in [6, 6.07) is 56.1. The molecule has 2 aliphatic rings. The maximum absolute atomic E-state index is 15.2. The van der Waals surface area contributed by atoms with E-state index in [-0.39, 0.29) is 37.3 Å². The standard InChI is InChI=1S/C58H51F4NO7/c59-45-25-21-43(22-26-45)50(65-35-39-13-5-1-6-14-39)34-33-49-51(63(57(49)64)47-29-27-46(60)28-30-47)44-23-31-48(32-24-44)69-58-55(68-38-42-19-11-4-12-20-42)53(67-37-41-17-9-3-10-18-41)52(54(70-58)56(61)62)66-36-40-15-7-2-8-16-40/h1-32,49-53,55,58H,33-38H2/t49-,50+,51-,52+,53+,55-,58-/m1/s1. The van der Waals surface area contributed by atoms with Gasteiger partial charge in [-0.2, -0.15) is 8.78 Å². The number of amides is 1. The smallest absolute Gasteiger partial charge is 0.310 e. The van der Waals surface area contributed by atoms with Gasteiger partial charge in [-0.1, -0.05) is 146 Å². The molecule has 2 fully saturated rings. The Morgan fingerprint density at radius 1 is 0.557 bits per heavy atom. The van der Waals surface area contributed by atoms with Crippen LogP contribution >= 0.6 is 0 Å². The van der Waals surface area contributed by atoms with Crippen molar-refractivity contribution < 1.29 is 50.8 Å². The van der Waals surface area contributed by atoms with Gasteiger partial charge in [0.2, 0.25) is 5.91 Å². The van der Waals surface area contributed by atoms with E-state index in [2.05, 4.69) is 0 Å². The van der Waals surface area contributed by atoms with Crippen LogP contribution in [0.25, 0.3) is 0 Å². The molecule has 7 aromatic rings. The highest BCUT2D eigenvalue weighted by atomic mass is 19.3. The van der Waals surface area contributed by atoms with Crippen LogP contribution in [-0.4, -0.2) is 30.5 Å². The largest absolute Gasteiger partial charge is 0.452 e. The molecule has 358 valence electrons. The molecule has 12 heteroatoms. The lowest BCUT2D eigenvalue weighted by atomic mass is 9.78. The SMILES string of the molecule is O=C1[C@H](CC[C@H](OCc2ccccc2)c2ccc(F)cc2)[C@@H](c2ccc(O[C@@H]3OC(=C(F)F)[C@@H](OCc4ccccc4)[C@H](OCc4ccccc4)[C@H]3OCc3ccccc3)cc2)N1c1ccc(F)cc1. The van der Waals surface area contributed by atoms with E-state index in [0.29, 0.717) is 25.1 Å². The van der Waals surface area contributed by atoms with Gasteiger partial charge in [0.05, 0.1) is 44.5 Å². The second-order valence-electron chi connectivity index (χ2n) is 17.2. The summed E-state index contributed by atoms with van der Waals surface area (Å²) in [4.78, 5) is 15.8. The Kier molecular flexibility index (Phi) is 15.8. The molecule has 0 radical (unpaired) electrons. The van der Waals surface area contributed by atoms with E-state index in [1.807, 2.05) is 133 Å². The van der Waals surface area contributed by atoms with E-state index in [9.17, 15) is 13.6 Å². The minimum absolute atomic E-state index is 0.0115. The van der Waals surface area contributed by atoms with Gasteiger partial charge in [-0.05, 0) is 94.8 Å². The molecule has 8 nitrogen and oxygen atoms in total. The summed E-state index contributed by atoms with van der Waals surface area (Å²) in [5.74, 6) is -1.92. The van der Waals surface area contributed by atoms with Gasteiger partial charge in [-0.25, -0.2) is 8.78 Å². The molecular formula is C58H51F4NO7. The molecule has 9 rings (SSSR count). The first-order valence-corrected chi connectivity index (χ1v) is 23.2. The maximum atomic E-state index is 15.2. The third-order valence-corrected chi connectivity index (χ3v) is 12.5. The van der Waals surface area contributed by atoms with Crippen molar-refractivity contribution in [2.45, 2.75) is 76.0 Å². The zero-order valence-electron chi connectivity index (χ0n) is 38.1. The zero-order chi connectivity index (χ0) is 48.2. The van der Waals surface area contributed by atoms with Crippen LogP contribution < -0.4 is 9.64 Å². The van der Waals surface area contributed by atoms with Crippen molar-refractivity contribution in [3.63, 3.8) is 0 Å². The number of benzene rings is 7. The van der Waals surface area contributed by atoms with Gasteiger partial charge >= 0.3 is 6.08 Å². The molecule has 2 aliphatic heterocycles. The molecule has 2 heterocycles. The van der Waals surface area contributed by atoms with Crippen LogP contribution in [0.15, 0.2) is 206 Å². The Morgan fingerprint density at radius 2 is 1.04 bits per heavy atom. The maximum Gasteiger partial charge on any atom is 0.310 e. The molecular weight excluding hydrogens is 899 g/mol. The van der Waals surface area contributed by atoms with Gasteiger partial charge < -0.3 is 33.3 Å². The fraction of sp³-hybridized carbons (Fsp3) is 0.224. The van der Waals surface area contributed by atoms with Crippen LogP contribution in [0.1, 0.15) is 58.4 Å². The molecule has 7 atom stereocenters. The summed E-state index contributed by atoms with van der Waals surface area (Å²) in [6.07, 6.45) is -6.73. The summed E-state index contributed by atoms with van der Waals surface area (Å²) in [7, 11) is 0. The third kappa shape index (κ3) is 11.8. The third-order valence-electron chi connectivity index (χ3n) is 12.5. The molecule has 1 amide bonds. The molecule has 70 heavy (non-hydrogen) atoms. The highest BCUT2D eigenvalue weighted by Crippen LogP contribution is 2.47. The summed E-state index contributed by atoms with van der Waals surface area (Å²) in [5, 5.41) is 0. The van der Waals surface area contributed by atoms with Crippen molar-refractivity contribution in [2.24, 2.45) is 5.92 Å². The molecule has 0 aromatic heterocycles. The normalized spacial score (nSPS) is 20.3. The van der Waals surface area contributed by atoms with Crippen molar-refractivity contribution in [1.29, 1.82) is 0 Å². The Balaban J connectivity index is 0.993. The lowest BCUT2D eigenvalue weighted by Crippen LogP contribution is -2.57. The number of carbonyl (C=O) groups excluding carboxylic acids is 1. The summed E-state index contributed by atoms with van der Waals surface area (Å²) < 4.78 is 96.9. The predicted molar refractivity (Wildman–Crippen MR) is 256 cm³/mol. The van der Waals surface area contributed by atoms with Crippen LogP contribution in [0.3, 0.4) is 0 Å². The minimum atomic E-state index is -2.09. The Hall–Kier alpha value is -7.09. The summed E-state index contributed by atoms with van der Waals surface area (Å²) in [6.45, 7) is 0.438. The van der Waals surface area contributed by atoms with Crippen molar-refractivity contribution >= 4 is 11.6 Å². The van der Waals surface area contributed by atoms with Gasteiger partial charge in [-0.3, -0.25) is 4.79 Å². The van der Waals surface area contributed by atoms with Crippen LogP contribution in [-0.2, 0) is 54.9 Å². The first-order valence-electron chi connectivity index (χ1n) is 23.2. The second-order valence-corrected chi connectivity index (χ2v) is 17.2. The zero-order valence-corrected chi connectivity index (χ0v) is 38.1. The minimum Gasteiger partial charge on any atom is -0.452 e. The predicted octanol–water partition coefficient (Wildman–Crippen LogP) is 13.0. The van der Waals surface area contributed by atoms with Crippen LogP contribution in [0.2, 0.25) is 0 Å². The van der Waals surface area contributed by atoms with Crippen molar-refractivity contribution in [1.82, 2.24) is 0 Å². The molecule has 0 spiro atoms. The topological polar surface area (TPSA) is 75.7 Å². The number of β-lactam (4-membered cyclic amide) rings is 1. The number of halogens is 4. The van der Waals surface area contributed by atoms with E-state index in [4.69, 9.17) is 28.4 Å². The van der Waals surface area contributed by atoms with E-state index in [1.54, 1.807) is 41.3 Å². The van der Waals surface area contributed by atoms with E-state index in [0.717, 1.165) is 33.4 Å². The molecule has 0 aliphatic carbocycles. The Labute approximate surface area is 404 Å². The van der Waals surface area contributed by atoms with Crippen molar-refractivity contribution in [3.05, 3.63) is 251 Å². The van der Waals surface area contributed by atoms with Crippen LogP contribution in [0.5, 0.6) is 5.75 Å². The highest BCUT2D eigenvalue weighted by Gasteiger charge is 2.51. The summed E-state index contributed by atoms with van der Waals surface area (Å²) in [5.41, 5.74) is 5.43. The molecule has 0 unspecified atom stereocenters. The van der Waals surface area contributed by atoms with Gasteiger partial charge in [0.25, 0.3) is 6.29 Å². The van der Waals surface area contributed by atoms with E-state index >= 15 is 8.78 Å². The molecule has 0 N–H and O–H groups in total. The average Bonchev–Trinajstić information content (AvgIpc) is 3.39. The first-order chi connectivity index (χ1) is 34.3. The Bertz CT molecular complexity index is 2770. The van der Waals surface area contributed by atoms with Crippen molar-refractivity contribution in [3.8, 4) is 5.75 Å². The monoisotopic (exact) mass is 949 g/mol. The van der Waals surface area contributed by atoms with Gasteiger partial charge in [0.1, 0.15) is 29.6 Å². The molecule has 2 saturated heterocycles. The van der Waals surface area contributed by atoms with E-state index in [1.165, 1.54) is 24.3 Å². The van der Waals surface area contributed by atoms with Crippen LogP contribution in [0, 0.1) is 17.6 Å². The fourth-order valence-electron chi connectivity index (χ4n) is 8.90. The number of rotatable bonds is 20. The van der Waals surface area contributed by atoms with Crippen molar-refractivity contribution in [2.75, 3.05) is 4.90 Å². The second kappa shape index (κ2) is 23.0. The quantitative estimate of drug-likeness (QED) is 0.0556. The highest BCUT2D eigenvalue weighted by molar-refractivity contribution is 6.03. The number of nitrogens with zero attached hydrogens (tertiary/aromatic N) is 1. The first kappa shape index (κ1) is 48.0. The summed E-state index contributed by atoms with van der Waals surface area (Å²) >= 11 is 0. The van der Waals surface area contributed by atoms with Gasteiger partial charge in [0, 0.05) is 5.69 Å². The molecule has 7 aromatic carbocycles. The number of hydrogen-bond donors (Lipinski definition) is 0. The lowest BCUT2D eigenvalue weighted by Gasteiger charge is -2.48. The number of ether oxygens (including phenoxy) is 6. The number of carbonyl (C=O) groups is 1. The van der Waals surface area contributed by atoms with Gasteiger partial charge in [0.15, 0.2) is 11.9 Å². The number of hydrogen-bond acceptors (Lipinski definition) is 7. The van der Waals surface area contributed by atoms with E-state index < -0.39 is 60.3 Å².